The monoisotopic (exact) mass is 270 g/mol. The number of halogens is 3. The summed E-state index contributed by atoms with van der Waals surface area (Å²) in [7, 11) is 0. The quantitative estimate of drug-likeness (QED) is 0.875. The zero-order chi connectivity index (χ0) is 14.3. The molecule has 1 aromatic carbocycles. The van der Waals surface area contributed by atoms with Crippen LogP contribution in [0.3, 0.4) is 0 Å². The number of aromatic nitrogens is 1. The predicted octanol–water partition coefficient (Wildman–Crippen LogP) is 2.04. The highest BCUT2D eigenvalue weighted by molar-refractivity contribution is 5.91. The molecule has 2 rings (SSSR count). The SMILES string of the molecule is NC(C(=O)O)(c1cccc2cccnc12)C(F)(F)F. The fourth-order valence-electron chi connectivity index (χ4n) is 1.81. The number of aliphatic carboxylic acids is 1. The van der Waals surface area contributed by atoms with Gasteiger partial charge in [0.2, 0.25) is 5.54 Å². The van der Waals surface area contributed by atoms with E-state index in [0.717, 1.165) is 6.07 Å². The standard InChI is InChI=1S/C12H9F3N2O2/c13-12(14,15)11(16,10(18)19)8-5-1-3-7-4-2-6-17-9(7)8/h1-6H,16H2,(H,18,19). The molecule has 0 saturated heterocycles. The summed E-state index contributed by atoms with van der Waals surface area (Å²) in [5, 5.41) is 9.30. The molecule has 0 aliphatic carbocycles. The Hall–Kier alpha value is -2.15. The van der Waals surface area contributed by atoms with Crippen molar-refractivity contribution in [3.8, 4) is 0 Å². The number of alkyl halides is 3. The van der Waals surface area contributed by atoms with Gasteiger partial charge in [0.1, 0.15) is 0 Å². The van der Waals surface area contributed by atoms with Crippen LogP contribution in [-0.2, 0) is 10.3 Å². The molecule has 3 N–H and O–H groups in total. The van der Waals surface area contributed by atoms with Crippen LogP contribution in [0.2, 0.25) is 0 Å². The van der Waals surface area contributed by atoms with Gasteiger partial charge >= 0.3 is 12.1 Å². The summed E-state index contributed by atoms with van der Waals surface area (Å²) in [4.78, 5) is 14.8. The number of fused-ring (bicyclic) bond motifs is 1. The van der Waals surface area contributed by atoms with E-state index < -0.39 is 23.2 Å². The minimum Gasteiger partial charge on any atom is -0.479 e. The predicted molar refractivity (Wildman–Crippen MR) is 61.3 cm³/mol. The Balaban J connectivity index is 2.82. The highest BCUT2D eigenvalue weighted by Crippen LogP contribution is 2.39. The molecule has 1 atom stereocenters. The van der Waals surface area contributed by atoms with Gasteiger partial charge in [-0.15, -0.1) is 0 Å². The van der Waals surface area contributed by atoms with Gasteiger partial charge in [0.25, 0.3) is 0 Å². The number of carbonyl (C=O) groups is 1. The maximum absolute atomic E-state index is 13.0. The van der Waals surface area contributed by atoms with E-state index in [1.165, 1.54) is 24.4 Å². The molecule has 1 heterocycles. The Kier molecular flexibility index (Phi) is 2.94. The van der Waals surface area contributed by atoms with Gasteiger partial charge in [-0.1, -0.05) is 24.3 Å². The number of nitrogens with two attached hydrogens (primary N) is 1. The first-order valence-electron chi connectivity index (χ1n) is 5.21. The van der Waals surface area contributed by atoms with Gasteiger partial charge in [0.15, 0.2) is 0 Å². The van der Waals surface area contributed by atoms with Crippen molar-refractivity contribution in [1.82, 2.24) is 4.98 Å². The Morgan fingerprint density at radius 1 is 1.21 bits per heavy atom. The van der Waals surface area contributed by atoms with E-state index in [4.69, 9.17) is 10.8 Å². The van der Waals surface area contributed by atoms with Crippen molar-refractivity contribution >= 4 is 16.9 Å². The molecule has 0 aliphatic heterocycles. The number of hydrogen-bond donors (Lipinski definition) is 2. The molecule has 2 aromatic rings. The van der Waals surface area contributed by atoms with Gasteiger partial charge in [-0.2, -0.15) is 13.2 Å². The van der Waals surface area contributed by atoms with Crippen LogP contribution in [-0.4, -0.2) is 22.2 Å². The molecule has 19 heavy (non-hydrogen) atoms. The number of rotatable bonds is 2. The summed E-state index contributed by atoms with van der Waals surface area (Å²) in [5.74, 6) is -2.17. The number of carboxylic acids is 1. The Labute approximate surface area is 105 Å². The van der Waals surface area contributed by atoms with E-state index in [1.807, 2.05) is 0 Å². The summed E-state index contributed by atoms with van der Waals surface area (Å²) < 4.78 is 39.1. The lowest BCUT2D eigenvalue weighted by Crippen LogP contribution is -2.56. The number of hydrogen-bond acceptors (Lipinski definition) is 3. The molecule has 7 heteroatoms. The molecule has 0 radical (unpaired) electrons. The van der Waals surface area contributed by atoms with Gasteiger partial charge in [-0.25, -0.2) is 4.79 Å². The molecule has 4 nitrogen and oxygen atoms in total. The molecule has 1 aromatic heterocycles. The fraction of sp³-hybridized carbons (Fsp3) is 0.167. The van der Waals surface area contributed by atoms with Crippen LogP contribution >= 0.6 is 0 Å². The second kappa shape index (κ2) is 4.20. The molecule has 100 valence electrons. The van der Waals surface area contributed by atoms with Crippen LogP contribution in [0.4, 0.5) is 13.2 Å². The molecule has 0 spiro atoms. The highest BCUT2D eigenvalue weighted by atomic mass is 19.4. The number of benzene rings is 1. The molecule has 0 fully saturated rings. The van der Waals surface area contributed by atoms with E-state index in [1.54, 1.807) is 6.07 Å². The van der Waals surface area contributed by atoms with E-state index in [0.29, 0.717) is 5.39 Å². The summed E-state index contributed by atoms with van der Waals surface area (Å²) in [6, 6.07) is 6.94. The molecule has 1 unspecified atom stereocenters. The van der Waals surface area contributed by atoms with Crippen LogP contribution in [0.15, 0.2) is 36.5 Å². The first-order chi connectivity index (χ1) is 8.78. The summed E-state index contributed by atoms with van der Waals surface area (Å²) >= 11 is 0. The van der Waals surface area contributed by atoms with Gasteiger partial charge in [-0.3, -0.25) is 4.98 Å². The van der Waals surface area contributed by atoms with Crippen molar-refractivity contribution in [2.45, 2.75) is 11.7 Å². The summed E-state index contributed by atoms with van der Waals surface area (Å²) in [5.41, 5.74) is 1.00. The van der Waals surface area contributed by atoms with Gasteiger partial charge in [0.05, 0.1) is 5.52 Å². The van der Waals surface area contributed by atoms with Gasteiger partial charge < -0.3 is 10.8 Å². The van der Waals surface area contributed by atoms with Crippen molar-refractivity contribution in [3.63, 3.8) is 0 Å². The van der Waals surface area contributed by atoms with Gasteiger partial charge in [0, 0.05) is 17.1 Å². The lowest BCUT2D eigenvalue weighted by Gasteiger charge is -2.28. The van der Waals surface area contributed by atoms with E-state index >= 15 is 0 Å². The fourth-order valence-corrected chi connectivity index (χ4v) is 1.81. The van der Waals surface area contributed by atoms with Crippen molar-refractivity contribution in [3.05, 3.63) is 42.1 Å². The average Bonchev–Trinajstić information content (AvgIpc) is 2.35. The van der Waals surface area contributed by atoms with Crippen molar-refractivity contribution in [1.29, 1.82) is 0 Å². The van der Waals surface area contributed by atoms with Crippen molar-refractivity contribution in [2.24, 2.45) is 5.73 Å². The second-order valence-electron chi connectivity index (χ2n) is 3.99. The normalized spacial score (nSPS) is 15.2. The maximum atomic E-state index is 13.0. The lowest BCUT2D eigenvalue weighted by molar-refractivity contribution is -0.204. The van der Waals surface area contributed by atoms with Crippen LogP contribution < -0.4 is 5.73 Å². The van der Waals surface area contributed by atoms with Crippen molar-refractivity contribution in [2.75, 3.05) is 0 Å². The Bertz CT molecular complexity index is 637. The smallest absolute Gasteiger partial charge is 0.421 e. The topological polar surface area (TPSA) is 76.2 Å². The van der Waals surface area contributed by atoms with Crippen LogP contribution in [0, 0.1) is 0 Å². The summed E-state index contributed by atoms with van der Waals surface area (Å²) in [6.07, 6.45) is -3.85. The third kappa shape index (κ3) is 1.91. The number of para-hydroxylation sites is 1. The van der Waals surface area contributed by atoms with E-state index in [-0.39, 0.29) is 5.52 Å². The molecule has 0 aliphatic rings. The van der Waals surface area contributed by atoms with Crippen LogP contribution in [0.5, 0.6) is 0 Å². The zero-order valence-corrected chi connectivity index (χ0v) is 9.48. The average molecular weight is 270 g/mol. The minimum absolute atomic E-state index is 0.0766. The molecule has 0 bridgehead atoms. The largest absolute Gasteiger partial charge is 0.479 e. The second-order valence-corrected chi connectivity index (χ2v) is 3.99. The van der Waals surface area contributed by atoms with E-state index in [2.05, 4.69) is 4.98 Å². The molecule has 0 amide bonds. The van der Waals surface area contributed by atoms with Crippen LogP contribution in [0.25, 0.3) is 10.9 Å². The Morgan fingerprint density at radius 2 is 1.84 bits per heavy atom. The number of pyridine rings is 1. The first kappa shape index (κ1) is 13.3. The maximum Gasteiger partial charge on any atom is 0.421 e. The lowest BCUT2D eigenvalue weighted by atomic mass is 9.88. The third-order valence-electron chi connectivity index (χ3n) is 2.84. The minimum atomic E-state index is -5.13. The molecular formula is C12H9F3N2O2. The Morgan fingerprint density at radius 3 is 2.42 bits per heavy atom. The van der Waals surface area contributed by atoms with Gasteiger partial charge in [-0.05, 0) is 6.07 Å². The van der Waals surface area contributed by atoms with Crippen molar-refractivity contribution < 1.29 is 23.1 Å². The van der Waals surface area contributed by atoms with E-state index in [9.17, 15) is 18.0 Å². The van der Waals surface area contributed by atoms with Crippen LogP contribution in [0.1, 0.15) is 5.56 Å². The number of carboxylic acid groups (broad SMARTS) is 1. The third-order valence-corrected chi connectivity index (χ3v) is 2.84. The zero-order valence-electron chi connectivity index (χ0n) is 9.48. The highest BCUT2D eigenvalue weighted by Gasteiger charge is 2.60. The summed E-state index contributed by atoms with van der Waals surface area (Å²) in [6.45, 7) is 0. The molecule has 0 saturated carbocycles. The first-order valence-corrected chi connectivity index (χ1v) is 5.21. The molecular weight excluding hydrogens is 261 g/mol. The number of nitrogens with zero attached hydrogens (tertiary/aromatic N) is 1.